The molecular formula is C17H23BrN4O3. The van der Waals surface area contributed by atoms with E-state index in [1.54, 1.807) is 7.11 Å². The van der Waals surface area contributed by atoms with Gasteiger partial charge in [0, 0.05) is 37.2 Å². The van der Waals surface area contributed by atoms with Crippen molar-refractivity contribution >= 4 is 21.8 Å². The van der Waals surface area contributed by atoms with Crippen molar-refractivity contribution in [2.45, 2.75) is 11.4 Å². The van der Waals surface area contributed by atoms with Crippen molar-refractivity contribution in [2.75, 3.05) is 26.7 Å². The van der Waals surface area contributed by atoms with E-state index in [-0.39, 0.29) is 11.9 Å². The van der Waals surface area contributed by atoms with E-state index in [0.29, 0.717) is 18.2 Å². The van der Waals surface area contributed by atoms with Gasteiger partial charge >= 0.3 is 0 Å². The van der Waals surface area contributed by atoms with Gasteiger partial charge in [-0.15, -0.1) is 0 Å². The van der Waals surface area contributed by atoms with Crippen molar-refractivity contribution < 1.29 is 14.3 Å². The second-order valence-electron chi connectivity index (χ2n) is 5.37. The topological polar surface area (TPSA) is 101 Å². The molecule has 1 unspecified atom stereocenters. The van der Waals surface area contributed by atoms with Crippen LogP contribution in [0.25, 0.3) is 0 Å². The highest BCUT2D eigenvalue weighted by atomic mass is 79.9. The highest BCUT2D eigenvalue weighted by Gasteiger charge is 2.16. The maximum atomic E-state index is 10.5. The molecule has 2 heterocycles. The number of piperazine rings is 1. The van der Waals surface area contributed by atoms with Crippen LogP contribution in [0, 0.1) is 0 Å². The van der Waals surface area contributed by atoms with Crippen LogP contribution in [-0.4, -0.2) is 43.7 Å². The zero-order valence-electron chi connectivity index (χ0n) is 14.0. The minimum Gasteiger partial charge on any atom is -0.493 e. The summed E-state index contributed by atoms with van der Waals surface area (Å²) in [5, 5.41) is 6.83. The Hall–Kier alpha value is -2.03. The van der Waals surface area contributed by atoms with E-state index < -0.39 is 0 Å². The number of H-pyrrole nitrogens is 1. The molecule has 0 saturated carbocycles. The normalized spacial score (nSPS) is 16.5. The summed E-state index contributed by atoms with van der Waals surface area (Å²) in [6.07, 6.45) is 1.81. The lowest BCUT2D eigenvalue weighted by molar-refractivity contribution is -0.120. The van der Waals surface area contributed by atoms with Gasteiger partial charge < -0.3 is 30.8 Å². The Kier molecular flexibility index (Phi) is 7.77. The summed E-state index contributed by atoms with van der Waals surface area (Å²) in [4.78, 5) is 13.5. The number of rotatable bonds is 5. The molecular weight excluding hydrogens is 388 g/mol. The number of alkyl halides is 1. The van der Waals surface area contributed by atoms with Crippen molar-refractivity contribution in [1.82, 2.24) is 15.6 Å². The molecule has 3 rings (SSSR count). The lowest BCUT2D eigenvalue weighted by Gasteiger charge is -2.21. The Balaban J connectivity index is 0.000000212. The summed E-state index contributed by atoms with van der Waals surface area (Å²) in [5.41, 5.74) is 6.17. The fraction of sp³-hybridized carbons (Fsp3) is 0.353. The van der Waals surface area contributed by atoms with Gasteiger partial charge in [-0.3, -0.25) is 4.79 Å². The predicted octanol–water partition coefficient (Wildman–Crippen LogP) is 1.74. The monoisotopic (exact) mass is 410 g/mol. The zero-order chi connectivity index (χ0) is 18.1. The number of methoxy groups -OCH3 is 1. The molecule has 25 heavy (non-hydrogen) atoms. The smallest absolute Gasteiger partial charge is 0.235 e. The molecule has 1 atom stereocenters. The van der Waals surface area contributed by atoms with Gasteiger partial charge in [0.2, 0.25) is 5.91 Å². The van der Waals surface area contributed by atoms with Gasteiger partial charge in [0.15, 0.2) is 17.4 Å². The summed E-state index contributed by atoms with van der Waals surface area (Å²) < 4.78 is 10.9. The fourth-order valence-electron chi connectivity index (χ4n) is 2.23. The number of hydrogen-bond acceptors (Lipinski definition) is 5. The second kappa shape index (κ2) is 10.1. The van der Waals surface area contributed by atoms with E-state index in [2.05, 4.69) is 31.5 Å². The summed E-state index contributed by atoms with van der Waals surface area (Å²) in [7, 11) is 1.63. The molecule has 0 spiro atoms. The summed E-state index contributed by atoms with van der Waals surface area (Å²) in [5.74, 6) is 1.85. The number of carbonyl (C=O) groups excluding carboxylic acids is 1. The van der Waals surface area contributed by atoms with Crippen molar-refractivity contribution in [1.29, 1.82) is 0 Å². The molecule has 136 valence electrons. The first-order chi connectivity index (χ1) is 12.1. The number of aromatic amines is 1. The number of hydrogen-bond donors (Lipinski definition) is 4. The van der Waals surface area contributed by atoms with Crippen LogP contribution >= 0.6 is 15.9 Å². The van der Waals surface area contributed by atoms with E-state index in [1.165, 1.54) is 0 Å². The fourth-order valence-corrected chi connectivity index (χ4v) is 2.58. The van der Waals surface area contributed by atoms with Gasteiger partial charge in [-0.2, -0.15) is 0 Å². The summed E-state index contributed by atoms with van der Waals surface area (Å²) in [6, 6.07) is 9.42. The Labute approximate surface area is 155 Å². The summed E-state index contributed by atoms with van der Waals surface area (Å²) >= 11 is 3.40. The molecule has 1 aromatic heterocycles. The maximum absolute atomic E-state index is 10.5. The quantitative estimate of drug-likeness (QED) is 0.562. The van der Waals surface area contributed by atoms with Crippen molar-refractivity contribution in [3.8, 4) is 17.4 Å². The molecule has 1 saturated heterocycles. The van der Waals surface area contributed by atoms with Crippen LogP contribution in [0.3, 0.4) is 0 Å². The average molecular weight is 411 g/mol. The van der Waals surface area contributed by atoms with Gasteiger partial charge in [-0.05, 0) is 23.8 Å². The van der Waals surface area contributed by atoms with Crippen LogP contribution in [-0.2, 0) is 10.1 Å². The summed E-state index contributed by atoms with van der Waals surface area (Å²) in [6.45, 7) is 2.41. The van der Waals surface area contributed by atoms with Crippen molar-refractivity contribution in [2.24, 2.45) is 5.73 Å². The number of primary amides is 1. The number of benzene rings is 1. The first-order valence-corrected chi connectivity index (χ1v) is 9.03. The lowest BCUT2D eigenvalue weighted by Crippen LogP contribution is -2.54. The number of halogens is 1. The van der Waals surface area contributed by atoms with Crippen molar-refractivity contribution in [3.05, 3.63) is 42.1 Å². The Morgan fingerprint density at radius 2 is 2.16 bits per heavy atom. The van der Waals surface area contributed by atoms with Crippen LogP contribution in [0.5, 0.6) is 17.4 Å². The van der Waals surface area contributed by atoms with Crippen LogP contribution in [0.2, 0.25) is 0 Å². The van der Waals surface area contributed by atoms with Gasteiger partial charge in [-0.25, -0.2) is 0 Å². The van der Waals surface area contributed by atoms with Crippen LogP contribution < -0.4 is 25.8 Å². The molecule has 1 aliphatic rings. The van der Waals surface area contributed by atoms with Crippen LogP contribution in [0.1, 0.15) is 5.56 Å². The Morgan fingerprint density at radius 1 is 1.32 bits per heavy atom. The number of carbonyl (C=O) groups is 1. The SMILES string of the molecule is COc1cc(CBr)ccc1Oc1ccc[nH]1.NC(=O)C1CNCCN1. The van der Waals surface area contributed by atoms with Crippen LogP contribution in [0.4, 0.5) is 0 Å². The van der Waals surface area contributed by atoms with Crippen molar-refractivity contribution in [3.63, 3.8) is 0 Å². The third-order valence-corrected chi connectivity index (χ3v) is 4.20. The molecule has 1 fully saturated rings. The largest absolute Gasteiger partial charge is 0.493 e. The third kappa shape index (κ3) is 6.08. The minimum atomic E-state index is -0.276. The number of aromatic nitrogens is 1. The van der Waals surface area contributed by atoms with E-state index in [1.807, 2.05) is 36.5 Å². The number of amides is 1. The molecule has 0 aliphatic carbocycles. The molecule has 8 heteroatoms. The minimum absolute atomic E-state index is 0.168. The van der Waals surface area contributed by atoms with E-state index in [9.17, 15) is 4.79 Å². The van der Waals surface area contributed by atoms with E-state index >= 15 is 0 Å². The van der Waals surface area contributed by atoms with Crippen LogP contribution in [0.15, 0.2) is 36.5 Å². The van der Waals surface area contributed by atoms with Gasteiger partial charge in [0.05, 0.1) is 13.2 Å². The van der Waals surface area contributed by atoms with Gasteiger partial charge in [0.1, 0.15) is 0 Å². The lowest BCUT2D eigenvalue weighted by atomic mass is 10.2. The Bertz CT molecular complexity index is 658. The molecule has 7 nitrogen and oxygen atoms in total. The third-order valence-electron chi connectivity index (χ3n) is 3.56. The molecule has 5 N–H and O–H groups in total. The number of ether oxygens (including phenoxy) is 2. The maximum Gasteiger partial charge on any atom is 0.235 e. The van der Waals surface area contributed by atoms with Gasteiger partial charge in [0.25, 0.3) is 0 Å². The predicted molar refractivity (Wildman–Crippen MR) is 100 cm³/mol. The average Bonchev–Trinajstić information content (AvgIpc) is 3.16. The first-order valence-electron chi connectivity index (χ1n) is 7.91. The Morgan fingerprint density at radius 3 is 2.68 bits per heavy atom. The van der Waals surface area contributed by atoms with Gasteiger partial charge in [-0.1, -0.05) is 22.0 Å². The number of nitrogens with two attached hydrogens (primary N) is 1. The standard InChI is InChI=1S/C12H12BrNO2.C5H11N3O/c1-15-11-7-9(8-13)4-5-10(11)16-12-3-2-6-14-12;6-5(9)4-3-7-1-2-8-4/h2-7,14H,8H2,1H3;4,7-8H,1-3H2,(H2,6,9). The molecule has 1 aliphatic heterocycles. The first kappa shape index (κ1) is 19.3. The second-order valence-corrected chi connectivity index (χ2v) is 5.93. The van der Waals surface area contributed by atoms with E-state index in [4.69, 9.17) is 15.2 Å². The highest BCUT2D eigenvalue weighted by Crippen LogP contribution is 2.32. The molecule has 1 amide bonds. The molecule has 2 aromatic rings. The van der Waals surface area contributed by atoms with E-state index in [0.717, 1.165) is 29.7 Å². The molecule has 1 aromatic carbocycles. The molecule has 0 radical (unpaired) electrons. The molecule has 0 bridgehead atoms. The number of nitrogens with one attached hydrogen (secondary N) is 3. The zero-order valence-corrected chi connectivity index (χ0v) is 15.6. The highest BCUT2D eigenvalue weighted by molar-refractivity contribution is 9.08.